The summed E-state index contributed by atoms with van der Waals surface area (Å²) in [6.45, 7) is -0.280. The van der Waals surface area contributed by atoms with Gasteiger partial charge >= 0.3 is 0 Å². The van der Waals surface area contributed by atoms with Crippen molar-refractivity contribution in [1.82, 2.24) is 9.97 Å². The van der Waals surface area contributed by atoms with E-state index in [9.17, 15) is 9.90 Å². The molecule has 0 amide bonds. The van der Waals surface area contributed by atoms with E-state index < -0.39 is 18.3 Å². The summed E-state index contributed by atoms with van der Waals surface area (Å²) in [4.78, 5) is 17.6. The average molecular weight is 227 g/mol. The first-order valence-corrected chi connectivity index (χ1v) is 4.91. The van der Waals surface area contributed by atoms with Crippen LogP contribution in [0.15, 0.2) is 11.0 Å². The Morgan fingerprint density at radius 2 is 2.44 bits per heavy atom. The quantitative estimate of drug-likeness (QED) is 0.489. The first-order chi connectivity index (χ1) is 7.61. The fraction of sp³-hybridized carbons (Fsp3) is 0.556. The first-order valence-electron chi connectivity index (χ1n) is 4.91. The SMILES string of the molecule is Nc1ncc([C@@H]2C[C@H](O)[C@@H](CO)O2)c(=O)[nH]1. The number of rotatable bonds is 2. The van der Waals surface area contributed by atoms with Gasteiger partial charge in [0.15, 0.2) is 5.95 Å². The van der Waals surface area contributed by atoms with Crippen LogP contribution < -0.4 is 11.3 Å². The Bertz CT molecular complexity index is 433. The Labute approximate surface area is 90.9 Å². The molecule has 88 valence electrons. The fourth-order valence-corrected chi connectivity index (χ4v) is 1.74. The number of anilines is 1. The van der Waals surface area contributed by atoms with E-state index in [1.165, 1.54) is 6.20 Å². The number of nitrogens with two attached hydrogens (primary N) is 1. The third kappa shape index (κ3) is 1.92. The van der Waals surface area contributed by atoms with Crippen molar-refractivity contribution < 1.29 is 14.9 Å². The Hall–Kier alpha value is -1.44. The molecular formula is C9H13N3O4. The van der Waals surface area contributed by atoms with Crippen LogP contribution in [0, 0.1) is 0 Å². The molecule has 1 fully saturated rings. The van der Waals surface area contributed by atoms with Gasteiger partial charge in [-0.2, -0.15) is 0 Å². The number of hydrogen-bond acceptors (Lipinski definition) is 6. The molecule has 0 saturated carbocycles. The number of nitrogens with one attached hydrogen (secondary N) is 1. The van der Waals surface area contributed by atoms with E-state index in [0.29, 0.717) is 5.56 Å². The van der Waals surface area contributed by atoms with E-state index in [1.807, 2.05) is 0 Å². The summed E-state index contributed by atoms with van der Waals surface area (Å²) in [5, 5.41) is 18.4. The van der Waals surface area contributed by atoms with Gasteiger partial charge in [0.2, 0.25) is 0 Å². The van der Waals surface area contributed by atoms with E-state index in [2.05, 4.69) is 9.97 Å². The molecule has 3 atom stereocenters. The number of aliphatic hydroxyl groups is 2. The van der Waals surface area contributed by atoms with Crippen LogP contribution in [0.5, 0.6) is 0 Å². The van der Waals surface area contributed by atoms with Crippen molar-refractivity contribution in [3.63, 3.8) is 0 Å². The van der Waals surface area contributed by atoms with Crippen molar-refractivity contribution in [2.45, 2.75) is 24.7 Å². The molecule has 16 heavy (non-hydrogen) atoms. The highest BCUT2D eigenvalue weighted by Gasteiger charge is 2.35. The molecule has 1 aromatic rings. The lowest BCUT2D eigenvalue weighted by molar-refractivity contribution is -0.0229. The van der Waals surface area contributed by atoms with Crippen LogP contribution in [0.25, 0.3) is 0 Å². The molecule has 1 saturated heterocycles. The molecule has 1 aliphatic heterocycles. The van der Waals surface area contributed by atoms with Gasteiger partial charge in [0, 0.05) is 12.6 Å². The summed E-state index contributed by atoms with van der Waals surface area (Å²) in [6.07, 6.45) is -0.386. The summed E-state index contributed by atoms with van der Waals surface area (Å²) in [5.74, 6) is 0.0333. The zero-order chi connectivity index (χ0) is 11.7. The third-order valence-electron chi connectivity index (χ3n) is 2.60. The molecule has 5 N–H and O–H groups in total. The maximum absolute atomic E-state index is 11.5. The minimum Gasteiger partial charge on any atom is -0.394 e. The predicted molar refractivity (Wildman–Crippen MR) is 54.6 cm³/mol. The highest BCUT2D eigenvalue weighted by atomic mass is 16.5. The second-order valence-corrected chi connectivity index (χ2v) is 3.70. The smallest absolute Gasteiger partial charge is 0.258 e. The van der Waals surface area contributed by atoms with Gasteiger partial charge in [0.25, 0.3) is 5.56 Å². The standard InChI is InChI=1S/C9H13N3O4/c10-9-11-2-4(8(15)12-9)6-1-5(14)7(3-13)16-6/h2,5-7,13-14H,1,3H2,(H3,10,11,12,15)/t5-,6-,7+/m0/s1. The molecule has 1 aliphatic rings. The minimum atomic E-state index is -0.771. The van der Waals surface area contributed by atoms with Gasteiger partial charge in [-0.25, -0.2) is 4.98 Å². The summed E-state index contributed by atoms with van der Waals surface area (Å²) in [6, 6.07) is 0. The monoisotopic (exact) mass is 227 g/mol. The fourth-order valence-electron chi connectivity index (χ4n) is 1.74. The van der Waals surface area contributed by atoms with Gasteiger partial charge in [0.1, 0.15) is 6.10 Å². The van der Waals surface area contributed by atoms with Gasteiger partial charge in [-0.3, -0.25) is 9.78 Å². The number of aromatic nitrogens is 2. The number of hydrogen-bond donors (Lipinski definition) is 4. The Balaban J connectivity index is 2.23. The second kappa shape index (κ2) is 4.20. The van der Waals surface area contributed by atoms with Gasteiger partial charge < -0.3 is 20.7 Å². The molecule has 1 aromatic heterocycles. The van der Waals surface area contributed by atoms with Crippen LogP contribution in [-0.2, 0) is 4.74 Å². The van der Waals surface area contributed by atoms with Crippen molar-refractivity contribution >= 4 is 5.95 Å². The van der Waals surface area contributed by atoms with Crippen LogP contribution >= 0.6 is 0 Å². The molecular weight excluding hydrogens is 214 g/mol. The molecule has 0 spiro atoms. The summed E-state index contributed by atoms with van der Waals surface area (Å²) < 4.78 is 5.33. The Kier molecular flexibility index (Phi) is 2.90. The Morgan fingerprint density at radius 3 is 3.00 bits per heavy atom. The minimum absolute atomic E-state index is 0.0333. The third-order valence-corrected chi connectivity index (χ3v) is 2.60. The normalized spacial score (nSPS) is 29.5. The molecule has 7 nitrogen and oxygen atoms in total. The van der Waals surface area contributed by atoms with Crippen molar-refractivity contribution in [1.29, 1.82) is 0 Å². The molecule has 0 unspecified atom stereocenters. The Morgan fingerprint density at radius 1 is 1.69 bits per heavy atom. The summed E-state index contributed by atoms with van der Waals surface area (Å²) in [7, 11) is 0. The van der Waals surface area contributed by atoms with E-state index in [4.69, 9.17) is 15.6 Å². The van der Waals surface area contributed by atoms with Gasteiger partial charge in [-0.1, -0.05) is 0 Å². The van der Waals surface area contributed by atoms with Crippen LogP contribution in [0.1, 0.15) is 18.1 Å². The zero-order valence-corrected chi connectivity index (χ0v) is 8.46. The van der Waals surface area contributed by atoms with Crippen LogP contribution in [0.4, 0.5) is 5.95 Å². The highest BCUT2D eigenvalue weighted by molar-refractivity contribution is 5.20. The maximum atomic E-state index is 11.5. The molecule has 0 aromatic carbocycles. The first kappa shape index (κ1) is 11.1. The lowest BCUT2D eigenvalue weighted by atomic mass is 10.1. The average Bonchev–Trinajstić information content (AvgIpc) is 2.59. The van der Waals surface area contributed by atoms with Gasteiger partial charge in [-0.05, 0) is 0 Å². The summed E-state index contributed by atoms with van der Waals surface area (Å²) >= 11 is 0. The zero-order valence-electron chi connectivity index (χ0n) is 8.46. The molecule has 2 rings (SSSR count). The van der Waals surface area contributed by atoms with E-state index in [0.717, 1.165) is 0 Å². The van der Waals surface area contributed by atoms with Gasteiger partial charge in [-0.15, -0.1) is 0 Å². The van der Waals surface area contributed by atoms with Crippen molar-refractivity contribution in [2.75, 3.05) is 12.3 Å². The number of aromatic amines is 1. The largest absolute Gasteiger partial charge is 0.394 e. The summed E-state index contributed by atoms with van der Waals surface area (Å²) in [5.41, 5.74) is 5.23. The van der Waals surface area contributed by atoms with Crippen LogP contribution in [-0.4, -0.2) is 39.0 Å². The molecule has 0 radical (unpaired) electrons. The van der Waals surface area contributed by atoms with Gasteiger partial charge in [0.05, 0.1) is 24.4 Å². The van der Waals surface area contributed by atoms with Crippen molar-refractivity contribution in [3.05, 3.63) is 22.1 Å². The number of H-pyrrole nitrogens is 1. The van der Waals surface area contributed by atoms with E-state index in [1.54, 1.807) is 0 Å². The number of nitrogen functional groups attached to an aromatic ring is 1. The topological polar surface area (TPSA) is 121 Å². The highest BCUT2D eigenvalue weighted by Crippen LogP contribution is 2.30. The van der Waals surface area contributed by atoms with Crippen LogP contribution in [0.2, 0.25) is 0 Å². The predicted octanol–water partition coefficient (Wildman–Crippen LogP) is -1.46. The van der Waals surface area contributed by atoms with Crippen molar-refractivity contribution in [3.8, 4) is 0 Å². The molecule has 0 aliphatic carbocycles. The van der Waals surface area contributed by atoms with Crippen LogP contribution in [0.3, 0.4) is 0 Å². The lowest BCUT2D eigenvalue weighted by Gasteiger charge is -2.11. The lowest BCUT2D eigenvalue weighted by Crippen LogP contribution is -2.24. The van der Waals surface area contributed by atoms with Crippen molar-refractivity contribution in [2.24, 2.45) is 0 Å². The molecule has 7 heteroatoms. The van der Waals surface area contributed by atoms with E-state index in [-0.39, 0.29) is 24.5 Å². The molecule has 2 heterocycles. The van der Waals surface area contributed by atoms with E-state index >= 15 is 0 Å². The number of ether oxygens (including phenoxy) is 1. The second-order valence-electron chi connectivity index (χ2n) is 3.70. The maximum Gasteiger partial charge on any atom is 0.258 e. The number of nitrogens with zero attached hydrogens (tertiary/aromatic N) is 1. The number of aliphatic hydroxyl groups excluding tert-OH is 2. The molecule has 0 bridgehead atoms.